The number of nitrogens with zero attached hydrogens (tertiary/aromatic N) is 3. The Kier molecular flexibility index (Phi) is 20.4. The molecule has 1 fully saturated rings. The fraction of sp³-hybridized carbons (Fsp3) is 0.536. The lowest BCUT2D eigenvalue weighted by atomic mass is 10.2. The highest BCUT2D eigenvalue weighted by Gasteiger charge is 2.23. The third-order valence-corrected chi connectivity index (χ3v) is 5.77. The van der Waals surface area contributed by atoms with Crippen molar-refractivity contribution in [2.24, 2.45) is 0 Å². The highest BCUT2D eigenvalue weighted by Crippen LogP contribution is 2.23. The molecule has 12 heteroatoms. The predicted octanol–water partition coefficient (Wildman–Crippen LogP) is 1.73. The Hall–Kier alpha value is -3.48. The van der Waals surface area contributed by atoms with E-state index in [1.165, 1.54) is 35.9 Å². The lowest BCUT2D eigenvalue weighted by Gasteiger charge is -2.29. The van der Waals surface area contributed by atoms with Crippen molar-refractivity contribution in [3.05, 3.63) is 58.0 Å². The monoisotopic (exact) mass is 564 g/mol. The molecule has 0 atom stereocenters. The van der Waals surface area contributed by atoms with Crippen molar-refractivity contribution >= 4 is 18.5 Å². The van der Waals surface area contributed by atoms with E-state index in [0.29, 0.717) is 24.7 Å². The van der Waals surface area contributed by atoms with Crippen LogP contribution in [0.4, 0.5) is 4.39 Å². The van der Waals surface area contributed by atoms with E-state index in [-0.39, 0.29) is 30.6 Å². The SMILES string of the molecule is CC.CNC.CNCCN(CCn1cnc(C(=O)NCc2ccc(F)cc2)c(O)c1=O)C1CCCC1.O=CC=O. The minimum Gasteiger partial charge on any atom is -0.501 e. The van der Waals surface area contributed by atoms with Gasteiger partial charge in [0.15, 0.2) is 18.3 Å². The van der Waals surface area contributed by atoms with Crippen molar-refractivity contribution in [2.45, 2.75) is 58.7 Å². The summed E-state index contributed by atoms with van der Waals surface area (Å²) in [6.45, 7) is 6.94. The molecule has 3 rings (SSSR count). The minimum absolute atomic E-state index is 0.130. The zero-order chi connectivity index (χ0) is 30.3. The summed E-state index contributed by atoms with van der Waals surface area (Å²) in [5, 5.41) is 18.8. The van der Waals surface area contributed by atoms with E-state index in [1.807, 2.05) is 35.0 Å². The number of nitrogens with one attached hydrogen (secondary N) is 3. The molecule has 0 spiro atoms. The molecule has 40 heavy (non-hydrogen) atoms. The summed E-state index contributed by atoms with van der Waals surface area (Å²) in [7, 11) is 5.67. The van der Waals surface area contributed by atoms with Gasteiger partial charge in [0.1, 0.15) is 5.82 Å². The quantitative estimate of drug-likeness (QED) is 0.237. The standard InChI is InChI=1S/C22H30FN5O3.C2H7N.C2H2O2.C2H6/c1-24-10-11-27(18-4-2-3-5-18)12-13-28-15-26-19(20(29)22(28)31)21(30)25-14-16-6-8-17(23)9-7-16;1-3-2;3-1-2-4;1-2/h6-9,15,18,24,29H,2-5,10-14H2,1H3,(H,25,30);3H,1-2H3;1-2H;1-2H3. The normalized spacial score (nSPS) is 12.2. The largest absolute Gasteiger partial charge is 0.501 e. The van der Waals surface area contributed by atoms with Crippen LogP contribution in [-0.4, -0.2) is 84.9 Å². The lowest BCUT2D eigenvalue weighted by Crippen LogP contribution is -2.41. The topological polar surface area (TPSA) is 146 Å². The second-order valence-electron chi connectivity index (χ2n) is 8.60. The van der Waals surface area contributed by atoms with Crippen molar-refractivity contribution in [2.75, 3.05) is 40.8 Å². The van der Waals surface area contributed by atoms with Gasteiger partial charge in [-0.1, -0.05) is 38.8 Å². The molecule has 1 aliphatic rings. The molecule has 11 nitrogen and oxygen atoms in total. The van der Waals surface area contributed by atoms with E-state index in [2.05, 4.69) is 25.8 Å². The Labute approximate surface area is 236 Å². The number of likely N-dealkylation sites (N-methyl/N-ethyl adjacent to an activating group) is 1. The maximum absolute atomic E-state index is 13.0. The molecule has 2 aromatic rings. The number of halogens is 1. The average Bonchev–Trinajstić information content (AvgIpc) is 3.51. The predicted molar refractivity (Wildman–Crippen MR) is 154 cm³/mol. The van der Waals surface area contributed by atoms with E-state index in [9.17, 15) is 19.1 Å². The Morgan fingerprint density at radius 3 is 2.20 bits per heavy atom. The van der Waals surface area contributed by atoms with E-state index < -0.39 is 17.2 Å². The van der Waals surface area contributed by atoms with E-state index in [1.54, 1.807) is 12.1 Å². The first kappa shape index (κ1) is 36.5. The third-order valence-electron chi connectivity index (χ3n) is 5.77. The van der Waals surface area contributed by atoms with Gasteiger partial charge in [-0.05, 0) is 51.7 Å². The number of carbonyl (C=O) groups is 3. The Morgan fingerprint density at radius 1 is 1.10 bits per heavy atom. The first-order valence-electron chi connectivity index (χ1n) is 13.5. The molecule has 0 unspecified atom stereocenters. The Balaban J connectivity index is 0.00000149. The number of aromatic nitrogens is 2. The smallest absolute Gasteiger partial charge is 0.296 e. The number of aldehydes is 2. The van der Waals surface area contributed by atoms with Crippen LogP contribution in [0, 0.1) is 5.82 Å². The minimum atomic E-state index is -0.665. The van der Waals surface area contributed by atoms with Crippen LogP contribution in [0.15, 0.2) is 35.4 Å². The van der Waals surface area contributed by atoms with Crippen molar-refractivity contribution < 1.29 is 23.9 Å². The number of hydrogen-bond donors (Lipinski definition) is 4. The van der Waals surface area contributed by atoms with Gasteiger partial charge >= 0.3 is 0 Å². The van der Waals surface area contributed by atoms with Gasteiger partial charge in [0.05, 0.1) is 6.33 Å². The summed E-state index contributed by atoms with van der Waals surface area (Å²) >= 11 is 0. The molecular weight excluding hydrogens is 519 g/mol. The summed E-state index contributed by atoms with van der Waals surface area (Å²) in [6, 6.07) is 6.20. The second-order valence-corrected chi connectivity index (χ2v) is 8.60. The van der Waals surface area contributed by atoms with Crippen molar-refractivity contribution in [1.29, 1.82) is 0 Å². The van der Waals surface area contributed by atoms with Gasteiger partial charge in [-0.15, -0.1) is 0 Å². The molecule has 0 bridgehead atoms. The van der Waals surface area contributed by atoms with Gasteiger partial charge in [-0.25, -0.2) is 9.37 Å². The zero-order valence-electron chi connectivity index (χ0n) is 24.3. The van der Waals surface area contributed by atoms with Gasteiger partial charge in [0.2, 0.25) is 5.75 Å². The van der Waals surface area contributed by atoms with E-state index >= 15 is 0 Å². The first-order valence-corrected chi connectivity index (χ1v) is 13.5. The molecule has 1 aromatic heterocycles. The number of hydrogen-bond acceptors (Lipinski definition) is 9. The number of rotatable bonds is 11. The van der Waals surface area contributed by atoms with Crippen molar-refractivity contribution in [3.63, 3.8) is 0 Å². The maximum atomic E-state index is 13.0. The number of carbonyl (C=O) groups excluding carboxylic acids is 3. The summed E-state index contributed by atoms with van der Waals surface area (Å²) in [6.07, 6.45) is 6.47. The molecule has 224 valence electrons. The van der Waals surface area contributed by atoms with E-state index in [4.69, 9.17) is 9.59 Å². The molecule has 4 N–H and O–H groups in total. The van der Waals surface area contributed by atoms with Crippen LogP contribution < -0.4 is 21.5 Å². The van der Waals surface area contributed by atoms with Crippen LogP contribution in [0.25, 0.3) is 0 Å². The zero-order valence-corrected chi connectivity index (χ0v) is 24.3. The number of aromatic hydroxyl groups is 1. The molecule has 1 aliphatic carbocycles. The van der Waals surface area contributed by atoms with Gasteiger partial charge in [-0.2, -0.15) is 0 Å². The van der Waals surface area contributed by atoms with Crippen LogP contribution in [0.2, 0.25) is 0 Å². The summed E-state index contributed by atoms with van der Waals surface area (Å²) in [5.41, 5.74) is -0.260. The van der Waals surface area contributed by atoms with Gasteiger partial charge in [-0.3, -0.25) is 28.6 Å². The van der Waals surface area contributed by atoms with Gasteiger partial charge < -0.3 is 21.1 Å². The third kappa shape index (κ3) is 13.5. The molecule has 0 saturated heterocycles. The van der Waals surface area contributed by atoms with Gasteiger partial charge in [0.25, 0.3) is 11.5 Å². The van der Waals surface area contributed by atoms with Crippen LogP contribution in [0.5, 0.6) is 5.75 Å². The summed E-state index contributed by atoms with van der Waals surface area (Å²) in [4.78, 5) is 48.9. The van der Waals surface area contributed by atoms with Crippen LogP contribution in [0.3, 0.4) is 0 Å². The van der Waals surface area contributed by atoms with Crippen LogP contribution >= 0.6 is 0 Å². The molecule has 1 aromatic carbocycles. The molecule has 0 radical (unpaired) electrons. The number of benzene rings is 1. The summed E-state index contributed by atoms with van der Waals surface area (Å²) < 4.78 is 14.3. The average molecular weight is 565 g/mol. The van der Waals surface area contributed by atoms with Crippen LogP contribution in [-0.2, 0) is 22.7 Å². The second kappa shape index (κ2) is 22.3. The van der Waals surface area contributed by atoms with Crippen LogP contribution in [0.1, 0.15) is 55.6 Å². The molecule has 1 heterocycles. The number of amides is 1. The molecular formula is C28H45FN6O5. The lowest BCUT2D eigenvalue weighted by molar-refractivity contribution is -0.122. The van der Waals surface area contributed by atoms with Crippen molar-refractivity contribution in [3.8, 4) is 5.75 Å². The molecule has 0 aliphatic heterocycles. The summed E-state index contributed by atoms with van der Waals surface area (Å²) in [5.74, 6) is -1.69. The Morgan fingerprint density at radius 2 is 1.68 bits per heavy atom. The highest BCUT2D eigenvalue weighted by atomic mass is 19.1. The fourth-order valence-corrected chi connectivity index (χ4v) is 3.91. The first-order chi connectivity index (χ1) is 19.3. The van der Waals surface area contributed by atoms with Crippen molar-refractivity contribution in [1.82, 2.24) is 30.4 Å². The molecule has 1 amide bonds. The Bertz CT molecular complexity index is 1040. The maximum Gasteiger partial charge on any atom is 0.296 e. The highest BCUT2D eigenvalue weighted by molar-refractivity contribution is 6.09. The van der Waals surface area contributed by atoms with E-state index in [0.717, 1.165) is 25.9 Å². The van der Waals surface area contributed by atoms with Gasteiger partial charge in [0, 0.05) is 38.8 Å². The fourth-order valence-electron chi connectivity index (χ4n) is 3.91. The molecule has 1 saturated carbocycles.